The van der Waals surface area contributed by atoms with Crippen LogP contribution in [0.4, 0.5) is 0 Å². The lowest BCUT2D eigenvalue weighted by atomic mass is 9.91. The minimum atomic E-state index is -1.97. The molecule has 1 aromatic rings. The van der Waals surface area contributed by atoms with Crippen molar-refractivity contribution in [2.24, 2.45) is 0 Å². The summed E-state index contributed by atoms with van der Waals surface area (Å²) in [5.41, 5.74) is 0.765. The summed E-state index contributed by atoms with van der Waals surface area (Å²) < 4.78 is 5.49. The Bertz CT molecular complexity index is 615. The summed E-state index contributed by atoms with van der Waals surface area (Å²) in [5, 5.41) is 29.2. The Morgan fingerprint density at radius 3 is 2.32 bits per heavy atom. The van der Waals surface area contributed by atoms with Crippen LogP contribution in [-0.4, -0.2) is 26.9 Å². The normalized spacial score (nSPS) is 21.9. The van der Waals surface area contributed by atoms with E-state index in [-0.39, 0.29) is 0 Å². The number of rotatable bonds is 1. The van der Waals surface area contributed by atoms with Gasteiger partial charge in [-0.1, -0.05) is 6.07 Å². The number of benzene rings is 1. The summed E-state index contributed by atoms with van der Waals surface area (Å²) in [4.78, 5) is 11.3. The number of aliphatic hydroxyl groups excluding tert-OH is 2. The first-order valence-corrected chi connectivity index (χ1v) is 5.86. The maximum Gasteiger partial charge on any atom is 0.355 e. The molecule has 102 valence electrons. The highest BCUT2D eigenvalue weighted by Gasteiger charge is 2.47. The molecule has 1 aliphatic rings. The molecule has 0 saturated heterocycles. The van der Waals surface area contributed by atoms with E-state index in [0.29, 0.717) is 11.3 Å². The van der Waals surface area contributed by atoms with Crippen molar-refractivity contribution in [3.05, 3.63) is 34.1 Å². The van der Waals surface area contributed by atoms with E-state index in [0.717, 1.165) is 16.7 Å². The van der Waals surface area contributed by atoms with Gasteiger partial charge in [0, 0.05) is 0 Å². The molecule has 0 aromatic heterocycles. The van der Waals surface area contributed by atoms with Gasteiger partial charge in [0.25, 0.3) is 5.60 Å². The number of hydrogen-bond donors (Lipinski definition) is 3. The van der Waals surface area contributed by atoms with Gasteiger partial charge in [-0.25, -0.2) is 4.79 Å². The average molecular weight is 264 g/mol. The molecule has 1 aliphatic heterocycles. The SMILES string of the molecule is Cc1cc(C)c2c(c1C)OC(C)(C(=O)O)C(O)=C2O. The molecule has 1 atom stereocenters. The van der Waals surface area contributed by atoms with Crippen LogP contribution in [0.3, 0.4) is 0 Å². The zero-order chi connectivity index (χ0) is 14.5. The third-order valence-electron chi connectivity index (χ3n) is 3.61. The Morgan fingerprint density at radius 1 is 1.21 bits per heavy atom. The number of aliphatic carboxylic acids is 1. The highest BCUT2D eigenvalue weighted by Crippen LogP contribution is 2.43. The van der Waals surface area contributed by atoms with E-state index in [9.17, 15) is 20.1 Å². The van der Waals surface area contributed by atoms with Crippen LogP contribution in [0.1, 0.15) is 29.2 Å². The lowest BCUT2D eigenvalue weighted by Gasteiger charge is -2.33. The largest absolute Gasteiger partial charge is 0.505 e. The zero-order valence-electron chi connectivity index (χ0n) is 11.2. The Hall–Kier alpha value is -2.17. The highest BCUT2D eigenvalue weighted by atomic mass is 16.5. The van der Waals surface area contributed by atoms with E-state index < -0.39 is 23.1 Å². The fourth-order valence-electron chi connectivity index (χ4n) is 2.21. The van der Waals surface area contributed by atoms with Crippen molar-refractivity contribution in [3.8, 4) is 5.75 Å². The second kappa shape index (κ2) is 3.91. The van der Waals surface area contributed by atoms with E-state index in [1.165, 1.54) is 6.92 Å². The molecular formula is C14H16O5. The molecule has 19 heavy (non-hydrogen) atoms. The molecule has 0 spiro atoms. The molecule has 2 rings (SSSR count). The van der Waals surface area contributed by atoms with E-state index in [2.05, 4.69) is 0 Å². The van der Waals surface area contributed by atoms with Crippen LogP contribution in [0, 0.1) is 20.8 Å². The van der Waals surface area contributed by atoms with Gasteiger partial charge in [-0.2, -0.15) is 0 Å². The first kappa shape index (κ1) is 13.3. The maximum absolute atomic E-state index is 11.3. The third kappa shape index (κ3) is 1.65. The maximum atomic E-state index is 11.3. The van der Waals surface area contributed by atoms with Crippen molar-refractivity contribution in [2.45, 2.75) is 33.3 Å². The molecule has 0 aliphatic carbocycles. The number of carboxylic acid groups (broad SMARTS) is 1. The lowest BCUT2D eigenvalue weighted by molar-refractivity contribution is -0.153. The predicted molar refractivity (Wildman–Crippen MR) is 69.5 cm³/mol. The summed E-state index contributed by atoms with van der Waals surface area (Å²) >= 11 is 0. The van der Waals surface area contributed by atoms with Crippen LogP contribution in [0.5, 0.6) is 5.75 Å². The van der Waals surface area contributed by atoms with Crippen molar-refractivity contribution in [2.75, 3.05) is 0 Å². The zero-order valence-corrected chi connectivity index (χ0v) is 11.2. The summed E-state index contributed by atoms with van der Waals surface area (Å²) in [5.74, 6) is -2.18. The van der Waals surface area contributed by atoms with Crippen LogP contribution in [0.25, 0.3) is 5.76 Å². The van der Waals surface area contributed by atoms with Gasteiger partial charge in [0.2, 0.25) is 0 Å². The average Bonchev–Trinajstić information content (AvgIpc) is 2.32. The highest BCUT2D eigenvalue weighted by molar-refractivity contribution is 5.87. The molecule has 3 N–H and O–H groups in total. The second-order valence-corrected chi connectivity index (χ2v) is 4.98. The Morgan fingerprint density at radius 2 is 1.79 bits per heavy atom. The van der Waals surface area contributed by atoms with E-state index in [1.807, 2.05) is 13.0 Å². The molecular weight excluding hydrogens is 248 g/mol. The van der Waals surface area contributed by atoms with Crippen molar-refractivity contribution in [1.82, 2.24) is 0 Å². The molecule has 1 heterocycles. The molecule has 0 amide bonds. The van der Waals surface area contributed by atoms with Crippen molar-refractivity contribution >= 4 is 11.7 Å². The number of carboxylic acids is 1. The molecule has 0 radical (unpaired) electrons. The fraction of sp³-hybridized carbons (Fsp3) is 0.357. The molecule has 0 saturated carbocycles. The Balaban J connectivity index is 2.82. The third-order valence-corrected chi connectivity index (χ3v) is 3.61. The predicted octanol–water partition coefficient (Wildman–Crippen LogP) is 2.63. The number of fused-ring (bicyclic) bond motifs is 1. The first-order chi connectivity index (χ1) is 8.70. The number of aliphatic hydroxyl groups is 2. The monoisotopic (exact) mass is 264 g/mol. The molecule has 0 bridgehead atoms. The number of carbonyl (C=O) groups is 1. The van der Waals surface area contributed by atoms with Gasteiger partial charge in [0.05, 0.1) is 5.56 Å². The van der Waals surface area contributed by atoms with E-state index >= 15 is 0 Å². The standard InChI is InChI=1S/C14H16O5/c1-6-5-7(2)9-10(15)12(16)14(4,13(17)18)19-11(9)8(6)3/h5,15-16H,1-4H3,(H,17,18). The topological polar surface area (TPSA) is 87.0 Å². The molecule has 1 aromatic carbocycles. The number of ether oxygens (including phenoxy) is 1. The van der Waals surface area contributed by atoms with Gasteiger partial charge in [-0.05, 0) is 44.4 Å². The number of hydrogen-bond acceptors (Lipinski definition) is 4. The molecule has 1 unspecified atom stereocenters. The quantitative estimate of drug-likeness (QED) is 0.725. The Kier molecular flexibility index (Phi) is 2.73. The van der Waals surface area contributed by atoms with Gasteiger partial charge in [-0.3, -0.25) is 0 Å². The van der Waals surface area contributed by atoms with Crippen LogP contribution in [0.15, 0.2) is 11.8 Å². The first-order valence-electron chi connectivity index (χ1n) is 5.86. The summed E-state index contributed by atoms with van der Waals surface area (Å²) in [6.07, 6.45) is 0. The summed E-state index contributed by atoms with van der Waals surface area (Å²) in [7, 11) is 0. The minimum Gasteiger partial charge on any atom is -0.505 e. The molecule has 5 heteroatoms. The number of aryl methyl sites for hydroxylation is 2. The van der Waals surface area contributed by atoms with Crippen LogP contribution in [0.2, 0.25) is 0 Å². The van der Waals surface area contributed by atoms with E-state index in [1.54, 1.807) is 13.8 Å². The Labute approximate surface area is 110 Å². The minimum absolute atomic E-state index is 0.303. The van der Waals surface area contributed by atoms with Crippen LogP contribution >= 0.6 is 0 Å². The van der Waals surface area contributed by atoms with Gasteiger partial charge >= 0.3 is 5.97 Å². The van der Waals surface area contributed by atoms with Gasteiger partial charge in [0.1, 0.15) is 5.75 Å². The van der Waals surface area contributed by atoms with Gasteiger partial charge < -0.3 is 20.1 Å². The van der Waals surface area contributed by atoms with Gasteiger partial charge in [-0.15, -0.1) is 0 Å². The fourth-order valence-corrected chi connectivity index (χ4v) is 2.21. The lowest BCUT2D eigenvalue weighted by Crippen LogP contribution is -2.46. The van der Waals surface area contributed by atoms with Crippen molar-refractivity contribution < 1.29 is 24.9 Å². The molecule has 5 nitrogen and oxygen atoms in total. The summed E-state index contributed by atoms with van der Waals surface area (Å²) in [6.45, 7) is 6.63. The van der Waals surface area contributed by atoms with Gasteiger partial charge in [0.15, 0.2) is 11.5 Å². The second-order valence-electron chi connectivity index (χ2n) is 4.98. The smallest absolute Gasteiger partial charge is 0.355 e. The molecule has 0 fully saturated rings. The van der Waals surface area contributed by atoms with Crippen molar-refractivity contribution in [3.63, 3.8) is 0 Å². The van der Waals surface area contributed by atoms with Crippen LogP contribution < -0.4 is 4.74 Å². The van der Waals surface area contributed by atoms with Crippen molar-refractivity contribution in [1.29, 1.82) is 0 Å². The van der Waals surface area contributed by atoms with E-state index in [4.69, 9.17) is 4.74 Å². The summed E-state index contributed by atoms with van der Waals surface area (Å²) in [6, 6.07) is 1.85. The van der Waals surface area contributed by atoms with Crippen LogP contribution in [-0.2, 0) is 4.79 Å².